The highest BCUT2D eigenvalue weighted by atomic mass is 32.1. The summed E-state index contributed by atoms with van der Waals surface area (Å²) in [5.74, 6) is 0.111. The number of carbonyl (C=O) groups is 1. The van der Waals surface area contributed by atoms with Crippen LogP contribution in [0.5, 0.6) is 0 Å². The van der Waals surface area contributed by atoms with Gasteiger partial charge in [0.2, 0.25) is 5.91 Å². The number of rotatable bonds is 5. The van der Waals surface area contributed by atoms with Gasteiger partial charge >= 0.3 is 0 Å². The average Bonchev–Trinajstić information content (AvgIpc) is 3.20. The number of carbonyl (C=O) groups excluding carboxylic acids is 1. The first kappa shape index (κ1) is 15.7. The van der Waals surface area contributed by atoms with Gasteiger partial charge in [-0.3, -0.25) is 4.79 Å². The molecule has 0 saturated heterocycles. The fourth-order valence-corrected chi connectivity index (χ4v) is 3.24. The van der Waals surface area contributed by atoms with E-state index in [1.54, 1.807) is 16.2 Å². The second kappa shape index (κ2) is 6.96. The van der Waals surface area contributed by atoms with Crippen LogP contribution in [-0.2, 0) is 16.1 Å². The lowest BCUT2D eigenvalue weighted by Crippen LogP contribution is -2.35. The van der Waals surface area contributed by atoms with E-state index in [4.69, 9.17) is 4.84 Å². The molecule has 1 aliphatic rings. The Hall–Kier alpha value is -2.14. The largest absolute Gasteiger partial charge is 0.390 e. The molecular formula is C18H20N2O2S. The maximum Gasteiger partial charge on any atom is 0.227 e. The van der Waals surface area contributed by atoms with E-state index in [0.29, 0.717) is 13.0 Å². The number of benzene rings is 1. The zero-order valence-electron chi connectivity index (χ0n) is 13.4. The Morgan fingerprint density at radius 3 is 2.83 bits per heavy atom. The summed E-state index contributed by atoms with van der Waals surface area (Å²) in [5, 5.41) is 6.18. The number of hydrogen-bond donors (Lipinski definition) is 0. The number of amides is 1. The summed E-state index contributed by atoms with van der Waals surface area (Å²) in [6.07, 6.45) is 1.12. The normalized spacial score (nSPS) is 16.8. The van der Waals surface area contributed by atoms with Crippen molar-refractivity contribution < 1.29 is 9.63 Å². The fraction of sp³-hybridized carbons (Fsp3) is 0.333. The maximum atomic E-state index is 12.2. The molecule has 5 heteroatoms. The highest BCUT2D eigenvalue weighted by molar-refractivity contribution is 7.10. The van der Waals surface area contributed by atoms with E-state index in [2.05, 4.69) is 36.3 Å². The summed E-state index contributed by atoms with van der Waals surface area (Å²) >= 11 is 1.61. The zero-order chi connectivity index (χ0) is 16.2. The molecule has 0 spiro atoms. The van der Waals surface area contributed by atoms with E-state index in [0.717, 1.165) is 22.6 Å². The van der Waals surface area contributed by atoms with Crippen molar-refractivity contribution >= 4 is 23.0 Å². The van der Waals surface area contributed by atoms with Crippen molar-refractivity contribution in [2.24, 2.45) is 5.16 Å². The van der Waals surface area contributed by atoms with Crippen molar-refractivity contribution in [1.82, 2.24) is 4.90 Å². The van der Waals surface area contributed by atoms with Crippen LogP contribution >= 0.6 is 11.3 Å². The Balaban J connectivity index is 1.52. The van der Waals surface area contributed by atoms with Crippen LogP contribution in [-0.4, -0.2) is 36.2 Å². The number of thiophene rings is 1. The third-order valence-corrected chi connectivity index (χ3v) is 4.80. The van der Waals surface area contributed by atoms with Gasteiger partial charge in [-0.25, -0.2) is 0 Å². The van der Waals surface area contributed by atoms with E-state index in [9.17, 15) is 4.79 Å². The van der Waals surface area contributed by atoms with Gasteiger partial charge in [-0.15, -0.1) is 11.3 Å². The third kappa shape index (κ3) is 3.99. The molecule has 1 aliphatic heterocycles. The Morgan fingerprint density at radius 2 is 2.13 bits per heavy atom. The second-order valence-corrected chi connectivity index (χ2v) is 6.90. The second-order valence-electron chi connectivity index (χ2n) is 5.87. The van der Waals surface area contributed by atoms with Crippen molar-refractivity contribution in [2.75, 3.05) is 13.6 Å². The van der Waals surface area contributed by atoms with Crippen LogP contribution in [0.4, 0.5) is 0 Å². The molecule has 0 saturated carbocycles. The molecule has 1 amide bonds. The molecule has 0 aliphatic carbocycles. The molecule has 0 fully saturated rings. The number of aryl methyl sites for hydroxylation is 1. The smallest absolute Gasteiger partial charge is 0.227 e. The molecule has 1 atom stereocenters. The number of hydrogen-bond acceptors (Lipinski definition) is 4. The van der Waals surface area contributed by atoms with E-state index in [-0.39, 0.29) is 12.0 Å². The minimum Gasteiger partial charge on any atom is -0.390 e. The van der Waals surface area contributed by atoms with Gasteiger partial charge in [0, 0.05) is 18.3 Å². The molecule has 0 radical (unpaired) electrons. The van der Waals surface area contributed by atoms with Crippen LogP contribution in [0.2, 0.25) is 0 Å². The first-order valence-corrected chi connectivity index (χ1v) is 8.56. The summed E-state index contributed by atoms with van der Waals surface area (Å²) in [6.45, 7) is 2.62. The van der Waals surface area contributed by atoms with Crippen molar-refractivity contribution in [3.8, 4) is 0 Å². The lowest BCUT2D eigenvalue weighted by atomic mass is 10.0. The molecule has 1 aromatic carbocycles. The zero-order valence-corrected chi connectivity index (χ0v) is 14.2. The molecule has 1 unspecified atom stereocenters. The van der Waals surface area contributed by atoms with Gasteiger partial charge in [0.25, 0.3) is 0 Å². The van der Waals surface area contributed by atoms with E-state index in [1.807, 2.05) is 24.6 Å². The van der Waals surface area contributed by atoms with Crippen molar-refractivity contribution in [3.05, 3.63) is 57.8 Å². The molecule has 2 aromatic rings. The SMILES string of the molecule is Cc1ccc(C2=NOC(CN(C)C(=O)Cc3cccs3)C2)cc1. The third-order valence-electron chi connectivity index (χ3n) is 3.93. The van der Waals surface area contributed by atoms with Crippen molar-refractivity contribution in [1.29, 1.82) is 0 Å². The maximum absolute atomic E-state index is 12.2. The molecule has 0 bridgehead atoms. The molecule has 23 heavy (non-hydrogen) atoms. The van der Waals surface area contributed by atoms with Gasteiger partial charge in [-0.05, 0) is 23.9 Å². The molecule has 1 aromatic heterocycles. The van der Waals surface area contributed by atoms with Crippen LogP contribution in [0.15, 0.2) is 46.9 Å². The van der Waals surface area contributed by atoms with Crippen LogP contribution in [0, 0.1) is 6.92 Å². The van der Waals surface area contributed by atoms with E-state index >= 15 is 0 Å². The number of oxime groups is 1. The molecule has 0 N–H and O–H groups in total. The highest BCUT2D eigenvalue weighted by Crippen LogP contribution is 2.18. The monoisotopic (exact) mass is 328 g/mol. The van der Waals surface area contributed by atoms with Crippen LogP contribution in [0.3, 0.4) is 0 Å². The topological polar surface area (TPSA) is 41.9 Å². The van der Waals surface area contributed by atoms with Gasteiger partial charge < -0.3 is 9.74 Å². The summed E-state index contributed by atoms with van der Waals surface area (Å²) < 4.78 is 0. The molecule has 3 rings (SSSR count). The standard InChI is InChI=1S/C18H20N2O2S/c1-13-5-7-14(8-6-13)17-10-15(22-19-17)12-20(2)18(21)11-16-4-3-9-23-16/h3-9,15H,10-12H2,1-2H3. The van der Waals surface area contributed by atoms with Gasteiger partial charge in [0.1, 0.15) is 0 Å². The molecule has 4 nitrogen and oxygen atoms in total. The predicted octanol–water partition coefficient (Wildman–Crippen LogP) is 3.25. The molecule has 120 valence electrons. The summed E-state index contributed by atoms with van der Waals surface area (Å²) in [4.78, 5) is 20.6. The predicted molar refractivity (Wildman–Crippen MR) is 92.9 cm³/mol. The van der Waals surface area contributed by atoms with Gasteiger partial charge in [-0.1, -0.05) is 41.1 Å². The Kier molecular flexibility index (Phi) is 4.76. The van der Waals surface area contributed by atoms with Gasteiger partial charge in [0.05, 0.1) is 18.7 Å². The average molecular weight is 328 g/mol. The van der Waals surface area contributed by atoms with Crippen LogP contribution in [0.1, 0.15) is 22.4 Å². The fourth-order valence-electron chi connectivity index (χ4n) is 2.55. The highest BCUT2D eigenvalue weighted by Gasteiger charge is 2.25. The summed E-state index contributed by atoms with van der Waals surface area (Å²) in [7, 11) is 1.82. The first-order chi connectivity index (χ1) is 11.1. The summed E-state index contributed by atoms with van der Waals surface area (Å²) in [5.41, 5.74) is 3.27. The van der Waals surface area contributed by atoms with E-state index < -0.39 is 0 Å². The Labute approximate surface area is 140 Å². The quantitative estimate of drug-likeness (QED) is 0.845. The van der Waals surface area contributed by atoms with E-state index in [1.165, 1.54) is 5.56 Å². The Bertz CT molecular complexity index is 692. The lowest BCUT2D eigenvalue weighted by Gasteiger charge is -2.19. The van der Waals surface area contributed by atoms with Crippen molar-refractivity contribution in [2.45, 2.75) is 25.9 Å². The number of likely N-dealkylation sites (N-methyl/N-ethyl adjacent to an activating group) is 1. The Morgan fingerprint density at radius 1 is 1.35 bits per heavy atom. The number of nitrogens with zero attached hydrogens (tertiary/aromatic N) is 2. The first-order valence-electron chi connectivity index (χ1n) is 7.68. The lowest BCUT2D eigenvalue weighted by molar-refractivity contribution is -0.130. The van der Waals surface area contributed by atoms with Gasteiger partial charge in [-0.2, -0.15) is 0 Å². The molecular weight excluding hydrogens is 308 g/mol. The minimum atomic E-state index is -0.0661. The van der Waals surface area contributed by atoms with Gasteiger partial charge in [0.15, 0.2) is 6.10 Å². The molecule has 2 heterocycles. The van der Waals surface area contributed by atoms with Crippen LogP contribution in [0.25, 0.3) is 0 Å². The summed E-state index contributed by atoms with van der Waals surface area (Å²) in [6, 6.07) is 12.2. The van der Waals surface area contributed by atoms with Crippen molar-refractivity contribution in [3.63, 3.8) is 0 Å². The minimum absolute atomic E-state index is 0.0661. The van der Waals surface area contributed by atoms with Crippen LogP contribution < -0.4 is 0 Å².